The quantitative estimate of drug-likeness (QED) is 0.892. The fraction of sp³-hybridized carbons (Fsp3) is 0.600. The van der Waals surface area contributed by atoms with Crippen LogP contribution in [0, 0.1) is 11.8 Å². The van der Waals surface area contributed by atoms with Gasteiger partial charge < -0.3 is 19.5 Å². The number of carboxylic acids is 1. The fourth-order valence-electron chi connectivity index (χ4n) is 4.12. The first-order chi connectivity index (χ1) is 12.5. The standard InChI is InChI=1S/C20H27NO5/c1-25-17-11-15-7-9-21(10-8-16(15)12-18(17)26-2)19(22)13-3-5-14(6-4-13)20(23)24/h11-14H,3-10H2,1-2H3,(H,23,24). The van der Waals surface area contributed by atoms with Crippen LogP contribution in [0.5, 0.6) is 11.5 Å². The van der Waals surface area contributed by atoms with E-state index in [1.54, 1.807) is 14.2 Å². The van der Waals surface area contributed by atoms with E-state index in [1.165, 1.54) is 11.1 Å². The lowest BCUT2D eigenvalue weighted by atomic mass is 9.81. The highest BCUT2D eigenvalue weighted by Gasteiger charge is 2.32. The van der Waals surface area contributed by atoms with Crippen molar-refractivity contribution >= 4 is 11.9 Å². The zero-order valence-electron chi connectivity index (χ0n) is 15.5. The molecule has 1 saturated carbocycles. The molecule has 1 heterocycles. The molecular formula is C20H27NO5. The van der Waals surface area contributed by atoms with Crippen LogP contribution >= 0.6 is 0 Å². The van der Waals surface area contributed by atoms with Crippen LogP contribution in [0.1, 0.15) is 36.8 Å². The van der Waals surface area contributed by atoms with Crippen LogP contribution in [0.4, 0.5) is 0 Å². The molecule has 1 aromatic carbocycles. The van der Waals surface area contributed by atoms with E-state index in [4.69, 9.17) is 14.6 Å². The highest BCUT2D eigenvalue weighted by molar-refractivity contribution is 5.79. The maximum atomic E-state index is 12.9. The van der Waals surface area contributed by atoms with Gasteiger partial charge in [0.25, 0.3) is 0 Å². The lowest BCUT2D eigenvalue weighted by Gasteiger charge is -2.30. The Labute approximate surface area is 154 Å². The molecule has 1 aromatic rings. The third kappa shape index (κ3) is 3.79. The molecule has 3 rings (SSSR count). The summed E-state index contributed by atoms with van der Waals surface area (Å²) >= 11 is 0. The molecule has 6 heteroatoms. The van der Waals surface area contributed by atoms with E-state index in [2.05, 4.69) is 0 Å². The second-order valence-corrected chi connectivity index (χ2v) is 7.19. The minimum absolute atomic E-state index is 0.0316. The van der Waals surface area contributed by atoms with Crippen LogP contribution in [0.15, 0.2) is 12.1 Å². The van der Waals surface area contributed by atoms with Crippen LogP contribution in [0.3, 0.4) is 0 Å². The zero-order chi connectivity index (χ0) is 18.7. The highest BCUT2D eigenvalue weighted by atomic mass is 16.5. The van der Waals surface area contributed by atoms with Crippen molar-refractivity contribution in [1.29, 1.82) is 0 Å². The average Bonchev–Trinajstić information content (AvgIpc) is 2.88. The summed E-state index contributed by atoms with van der Waals surface area (Å²) in [5.74, 6) is 0.573. The Hall–Kier alpha value is -2.24. The number of benzene rings is 1. The molecular weight excluding hydrogens is 334 g/mol. The Bertz CT molecular complexity index is 644. The summed E-state index contributed by atoms with van der Waals surface area (Å²) in [7, 11) is 3.26. The number of carbonyl (C=O) groups excluding carboxylic acids is 1. The van der Waals surface area contributed by atoms with E-state index in [-0.39, 0.29) is 17.7 Å². The van der Waals surface area contributed by atoms with Gasteiger partial charge in [0.05, 0.1) is 20.1 Å². The molecule has 0 spiro atoms. The smallest absolute Gasteiger partial charge is 0.306 e. The van der Waals surface area contributed by atoms with Gasteiger partial charge in [0.1, 0.15) is 0 Å². The number of hydrogen-bond acceptors (Lipinski definition) is 4. The number of aliphatic carboxylic acids is 1. The largest absolute Gasteiger partial charge is 0.493 e. The Kier molecular flexibility index (Phi) is 5.69. The van der Waals surface area contributed by atoms with Gasteiger partial charge in [-0.2, -0.15) is 0 Å². The molecule has 1 fully saturated rings. The number of carboxylic acid groups (broad SMARTS) is 1. The van der Waals surface area contributed by atoms with E-state index in [9.17, 15) is 9.59 Å². The number of rotatable bonds is 4. The first-order valence-electron chi connectivity index (χ1n) is 9.28. The van der Waals surface area contributed by atoms with E-state index in [0.29, 0.717) is 38.8 Å². The first-order valence-corrected chi connectivity index (χ1v) is 9.28. The van der Waals surface area contributed by atoms with Crippen molar-refractivity contribution in [2.45, 2.75) is 38.5 Å². The molecule has 1 aliphatic heterocycles. The van der Waals surface area contributed by atoms with Crippen LogP contribution in [-0.4, -0.2) is 49.2 Å². The third-order valence-electron chi connectivity index (χ3n) is 5.75. The predicted molar refractivity (Wildman–Crippen MR) is 96.6 cm³/mol. The van der Waals surface area contributed by atoms with Gasteiger partial charge in [0.15, 0.2) is 11.5 Å². The summed E-state index contributed by atoms with van der Waals surface area (Å²) < 4.78 is 10.8. The summed E-state index contributed by atoms with van der Waals surface area (Å²) in [4.78, 5) is 26.0. The molecule has 142 valence electrons. The molecule has 0 radical (unpaired) electrons. The second-order valence-electron chi connectivity index (χ2n) is 7.19. The Morgan fingerprint density at radius 3 is 1.81 bits per heavy atom. The normalized spacial score (nSPS) is 22.9. The van der Waals surface area contributed by atoms with Crippen LogP contribution < -0.4 is 9.47 Å². The van der Waals surface area contributed by atoms with Crippen molar-refractivity contribution in [2.24, 2.45) is 11.8 Å². The second kappa shape index (κ2) is 7.98. The predicted octanol–water partition coefficient (Wildman–Crippen LogP) is 2.52. The minimum Gasteiger partial charge on any atom is -0.493 e. The fourth-order valence-corrected chi connectivity index (χ4v) is 4.12. The first kappa shape index (κ1) is 18.5. The number of hydrogen-bond donors (Lipinski definition) is 1. The average molecular weight is 361 g/mol. The Balaban J connectivity index is 1.65. The molecule has 1 amide bonds. The summed E-state index contributed by atoms with van der Waals surface area (Å²) in [6.07, 6.45) is 4.17. The van der Waals surface area contributed by atoms with Crippen LogP contribution in [0.25, 0.3) is 0 Å². The number of carbonyl (C=O) groups is 2. The summed E-state index contributed by atoms with van der Waals surface area (Å²) in [5.41, 5.74) is 2.40. The minimum atomic E-state index is -0.732. The van der Waals surface area contributed by atoms with Gasteiger partial charge in [-0.25, -0.2) is 0 Å². The van der Waals surface area contributed by atoms with Gasteiger partial charge >= 0.3 is 5.97 Å². The monoisotopic (exact) mass is 361 g/mol. The van der Waals surface area contributed by atoms with Crippen LogP contribution in [-0.2, 0) is 22.4 Å². The maximum Gasteiger partial charge on any atom is 0.306 e. The summed E-state index contributed by atoms with van der Waals surface area (Å²) in [5, 5.41) is 9.12. The molecule has 26 heavy (non-hydrogen) atoms. The van der Waals surface area contributed by atoms with E-state index < -0.39 is 5.97 Å². The molecule has 2 aliphatic rings. The summed E-state index contributed by atoms with van der Waals surface area (Å²) in [6, 6.07) is 4.03. The number of methoxy groups -OCH3 is 2. The molecule has 0 unspecified atom stereocenters. The van der Waals surface area contributed by atoms with E-state index >= 15 is 0 Å². The van der Waals surface area contributed by atoms with Gasteiger partial charge in [-0.1, -0.05) is 0 Å². The topological polar surface area (TPSA) is 76.1 Å². The van der Waals surface area contributed by atoms with E-state index in [1.807, 2.05) is 17.0 Å². The molecule has 0 atom stereocenters. The summed E-state index contributed by atoms with van der Waals surface area (Å²) in [6.45, 7) is 1.39. The molecule has 0 aromatic heterocycles. The molecule has 6 nitrogen and oxygen atoms in total. The number of nitrogens with zero attached hydrogens (tertiary/aromatic N) is 1. The zero-order valence-corrected chi connectivity index (χ0v) is 15.5. The van der Waals surface area contributed by atoms with Gasteiger partial charge in [0.2, 0.25) is 5.91 Å². The van der Waals surface area contributed by atoms with Crippen molar-refractivity contribution in [1.82, 2.24) is 4.90 Å². The lowest BCUT2D eigenvalue weighted by Crippen LogP contribution is -2.39. The number of fused-ring (bicyclic) bond motifs is 1. The molecule has 1 N–H and O–H groups in total. The van der Waals surface area contributed by atoms with Crippen molar-refractivity contribution in [3.63, 3.8) is 0 Å². The van der Waals surface area contributed by atoms with Crippen LogP contribution in [0.2, 0.25) is 0 Å². The highest BCUT2D eigenvalue weighted by Crippen LogP contribution is 2.34. The van der Waals surface area contributed by atoms with Gasteiger partial charge in [-0.05, 0) is 61.8 Å². The number of ether oxygens (including phenoxy) is 2. The Morgan fingerprint density at radius 2 is 1.38 bits per heavy atom. The molecule has 0 bridgehead atoms. The van der Waals surface area contributed by atoms with Crippen molar-refractivity contribution < 1.29 is 24.2 Å². The lowest BCUT2D eigenvalue weighted by molar-refractivity contribution is -0.145. The number of amides is 1. The Morgan fingerprint density at radius 1 is 0.923 bits per heavy atom. The van der Waals surface area contributed by atoms with Gasteiger partial charge in [0, 0.05) is 19.0 Å². The van der Waals surface area contributed by atoms with Crippen molar-refractivity contribution in [3.8, 4) is 11.5 Å². The molecule has 0 saturated heterocycles. The van der Waals surface area contributed by atoms with Gasteiger partial charge in [-0.15, -0.1) is 0 Å². The maximum absolute atomic E-state index is 12.9. The molecule has 1 aliphatic carbocycles. The van der Waals surface area contributed by atoms with E-state index in [0.717, 1.165) is 24.3 Å². The van der Waals surface area contributed by atoms with Gasteiger partial charge in [-0.3, -0.25) is 9.59 Å². The SMILES string of the molecule is COc1cc2c(cc1OC)CCN(C(=O)C1CCC(C(=O)O)CC1)CC2. The third-order valence-corrected chi connectivity index (χ3v) is 5.75. The van der Waals surface area contributed by atoms with Crippen molar-refractivity contribution in [2.75, 3.05) is 27.3 Å². The van der Waals surface area contributed by atoms with Crippen molar-refractivity contribution in [3.05, 3.63) is 23.3 Å².